The van der Waals surface area contributed by atoms with Crippen molar-refractivity contribution in [2.75, 3.05) is 20.6 Å². The number of rotatable bonds is 0. The van der Waals surface area contributed by atoms with Crippen LogP contribution in [0.25, 0.3) is 17.8 Å². The van der Waals surface area contributed by atoms with E-state index < -0.39 is 0 Å². The molecular weight excluding hydrogens is 318 g/mol. The fourth-order valence-corrected chi connectivity index (χ4v) is 4.08. The summed E-state index contributed by atoms with van der Waals surface area (Å²) in [5, 5.41) is 2.33. The first-order valence-electron chi connectivity index (χ1n) is 8.27. The monoisotopic (exact) mass is 333 g/mol. The number of benzene rings is 2. The first kappa shape index (κ1) is 13.2. The summed E-state index contributed by atoms with van der Waals surface area (Å²) in [6.45, 7) is 0.576. The Balaban J connectivity index is 1.63. The molecule has 124 valence electrons. The van der Waals surface area contributed by atoms with Gasteiger partial charge in [-0.3, -0.25) is 0 Å². The molecule has 6 rings (SSSR count). The fourth-order valence-electron chi connectivity index (χ4n) is 4.08. The van der Waals surface area contributed by atoms with Gasteiger partial charge in [-0.2, -0.15) is 0 Å². The molecule has 1 aliphatic carbocycles. The Morgan fingerprint density at radius 1 is 0.840 bits per heavy atom. The van der Waals surface area contributed by atoms with Gasteiger partial charge in [-0.05, 0) is 46.2 Å². The topological polar surface area (TPSA) is 40.2 Å². The molecule has 3 aliphatic heterocycles. The molecule has 0 saturated heterocycles. The lowest BCUT2D eigenvalue weighted by molar-refractivity contribution is 0.173. The van der Waals surface area contributed by atoms with Crippen LogP contribution in [0.3, 0.4) is 0 Å². The molecule has 0 aromatic heterocycles. The third-order valence-corrected chi connectivity index (χ3v) is 5.22. The highest BCUT2D eigenvalue weighted by Gasteiger charge is 2.30. The molecule has 0 fully saturated rings. The van der Waals surface area contributed by atoms with Crippen LogP contribution in [0.15, 0.2) is 30.3 Å². The van der Waals surface area contributed by atoms with Crippen LogP contribution in [-0.2, 0) is 0 Å². The first-order valence-corrected chi connectivity index (χ1v) is 8.27. The molecule has 0 amide bonds. The van der Waals surface area contributed by atoms with E-state index in [1.54, 1.807) is 0 Å². The van der Waals surface area contributed by atoms with Crippen LogP contribution in [0, 0.1) is 0 Å². The number of ether oxygens (including phenoxy) is 4. The predicted octanol–water partition coefficient (Wildman–Crippen LogP) is 1.75. The number of fused-ring (bicyclic) bond motifs is 6. The van der Waals surface area contributed by atoms with Crippen molar-refractivity contribution >= 4 is 17.8 Å². The Labute approximate surface area is 144 Å². The molecule has 3 heterocycles. The van der Waals surface area contributed by atoms with Crippen molar-refractivity contribution in [3.63, 3.8) is 0 Å². The normalized spacial score (nSPS) is 20.8. The quantitative estimate of drug-likeness (QED) is 0.735. The second-order valence-corrected chi connectivity index (χ2v) is 6.61. The van der Waals surface area contributed by atoms with Crippen molar-refractivity contribution in [2.45, 2.75) is 6.04 Å². The van der Waals surface area contributed by atoms with E-state index in [4.69, 9.17) is 18.9 Å². The minimum absolute atomic E-state index is 0.141. The number of nitrogens with zero attached hydrogens (tertiary/aromatic N) is 1. The van der Waals surface area contributed by atoms with Gasteiger partial charge in [0.15, 0.2) is 23.0 Å². The third-order valence-electron chi connectivity index (χ3n) is 5.22. The minimum atomic E-state index is 0.141. The summed E-state index contributed by atoms with van der Waals surface area (Å²) in [5.74, 6) is 3.26. The van der Waals surface area contributed by atoms with E-state index in [1.165, 1.54) is 21.9 Å². The van der Waals surface area contributed by atoms with E-state index in [0.717, 1.165) is 28.2 Å². The molecule has 4 aliphatic rings. The molecule has 5 heteroatoms. The highest BCUT2D eigenvalue weighted by atomic mass is 16.7. The smallest absolute Gasteiger partial charge is 0.231 e. The summed E-state index contributed by atoms with van der Waals surface area (Å²) in [6, 6.07) is 8.45. The molecule has 1 unspecified atom stereocenters. The average Bonchev–Trinajstić information content (AvgIpc) is 3.25. The van der Waals surface area contributed by atoms with E-state index in [-0.39, 0.29) is 19.6 Å². The van der Waals surface area contributed by atoms with Crippen molar-refractivity contribution in [1.82, 2.24) is 4.90 Å². The largest absolute Gasteiger partial charge is 0.454 e. The Bertz CT molecular complexity index is 1090. The van der Waals surface area contributed by atoms with E-state index >= 15 is 0 Å². The van der Waals surface area contributed by atoms with Crippen LogP contribution in [0.2, 0.25) is 0 Å². The lowest BCUT2D eigenvalue weighted by Gasteiger charge is -2.34. The second kappa shape index (κ2) is 4.51. The van der Waals surface area contributed by atoms with Gasteiger partial charge in [-0.1, -0.05) is 12.2 Å². The van der Waals surface area contributed by atoms with Gasteiger partial charge in [0, 0.05) is 18.5 Å². The summed E-state index contributed by atoms with van der Waals surface area (Å²) < 4.78 is 22.2. The van der Waals surface area contributed by atoms with Crippen molar-refractivity contribution in [3.8, 4) is 23.0 Å². The summed E-state index contributed by atoms with van der Waals surface area (Å²) in [4.78, 5) is 2.24. The maximum atomic E-state index is 5.59. The minimum Gasteiger partial charge on any atom is -0.454 e. The summed E-state index contributed by atoms with van der Waals surface area (Å²) in [5.41, 5.74) is 3.65. The zero-order chi connectivity index (χ0) is 16.5. The maximum Gasteiger partial charge on any atom is 0.231 e. The number of hydrogen-bond donors (Lipinski definition) is 0. The second-order valence-electron chi connectivity index (χ2n) is 6.61. The summed E-state index contributed by atoms with van der Waals surface area (Å²) in [7, 11) is 2.10. The summed E-state index contributed by atoms with van der Waals surface area (Å²) >= 11 is 0. The zero-order valence-electron chi connectivity index (χ0n) is 13.6. The Morgan fingerprint density at radius 3 is 2.32 bits per heavy atom. The number of hydrogen-bond acceptors (Lipinski definition) is 5. The van der Waals surface area contributed by atoms with Crippen molar-refractivity contribution in [2.24, 2.45) is 0 Å². The molecule has 2 aromatic rings. The highest BCUT2D eigenvalue weighted by Crippen LogP contribution is 2.44. The van der Waals surface area contributed by atoms with E-state index in [0.29, 0.717) is 0 Å². The van der Waals surface area contributed by atoms with Crippen molar-refractivity contribution in [1.29, 1.82) is 0 Å². The van der Waals surface area contributed by atoms with Gasteiger partial charge in [-0.25, -0.2) is 0 Å². The van der Waals surface area contributed by atoms with Gasteiger partial charge in [0.05, 0.1) is 6.04 Å². The molecule has 1 atom stereocenters. The fraction of sp³-hybridized carbons (Fsp3) is 0.200. The van der Waals surface area contributed by atoms with Gasteiger partial charge >= 0.3 is 0 Å². The molecule has 0 saturated carbocycles. The van der Waals surface area contributed by atoms with E-state index in [1.807, 2.05) is 0 Å². The highest BCUT2D eigenvalue weighted by molar-refractivity contribution is 5.81. The van der Waals surface area contributed by atoms with Gasteiger partial charge in [0.25, 0.3) is 0 Å². The zero-order valence-corrected chi connectivity index (χ0v) is 13.6. The Hall–Kier alpha value is -3.08. The SMILES string of the molecule is CN1C=c2cc3c(cc2=C2C=Cc4cc5c(cc4C21)OCO5)OCO3. The molecule has 5 nitrogen and oxygen atoms in total. The molecule has 2 aromatic carbocycles. The van der Waals surface area contributed by atoms with Crippen LogP contribution < -0.4 is 29.4 Å². The van der Waals surface area contributed by atoms with Crippen LogP contribution >= 0.6 is 0 Å². The summed E-state index contributed by atoms with van der Waals surface area (Å²) in [6.07, 6.45) is 6.51. The van der Waals surface area contributed by atoms with E-state index in [9.17, 15) is 0 Å². The van der Waals surface area contributed by atoms with Crippen LogP contribution in [-0.4, -0.2) is 25.5 Å². The standard InChI is InChI=1S/C20H15NO4/c1-21-8-12-5-17-18(24-10-23-17)6-14(12)13-3-2-11-4-16-19(25-9-22-16)7-15(11)20(13)21/h2-8,20H,9-10H2,1H3. The van der Waals surface area contributed by atoms with E-state index in [2.05, 4.69) is 54.6 Å². The molecule has 0 spiro atoms. The van der Waals surface area contributed by atoms with Crippen LogP contribution in [0.4, 0.5) is 0 Å². The first-order chi connectivity index (χ1) is 12.3. The molecular formula is C20H15NO4. The Morgan fingerprint density at radius 2 is 1.52 bits per heavy atom. The third kappa shape index (κ3) is 1.72. The van der Waals surface area contributed by atoms with Crippen molar-refractivity contribution < 1.29 is 18.9 Å². The van der Waals surface area contributed by atoms with Crippen LogP contribution in [0.1, 0.15) is 17.2 Å². The van der Waals surface area contributed by atoms with Gasteiger partial charge in [0.2, 0.25) is 13.6 Å². The molecule has 0 radical (unpaired) electrons. The lowest BCUT2D eigenvalue weighted by Crippen LogP contribution is -2.39. The van der Waals surface area contributed by atoms with Gasteiger partial charge in [0.1, 0.15) is 0 Å². The molecule has 0 N–H and O–H groups in total. The lowest BCUT2D eigenvalue weighted by atomic mass is 9.85. The van der Waals surface area contributed by atoms with Crippen LogP contribution in [0.5, 0.6) is 23.0 Å². The average molecular weight is 333 g/mol. The maximum absolute atomic E-state index is 5.59. The predicted molar refractivity (Wildman–Crippen MR) is 91.8 cm³/mol. The van der Waals surface area contributed by atoms with Gasteiger partial charge in [-0.15, -0.1) is 0 Å². The molecule has 25 heavy (non-hydrogen) atoms. The van der Waals surface area contributed by atoms with Gasteiger partial charge < -0.3 is 23.8 Å². The molecule has 0 bridgehead atoms. The Kier molecular flexibility index (Phi) is 2.39. The van der Waals surface area contributed by atoms with Crippen molar-refractivity contribution in [3.05, 3.63) is 51.9 Å².